The van der Waals surface area contributed by atoms with Gasteiger partial charge in [-0.3, -0.25) is 0 Å². The van der Waals surface area contributed by atoms with Crippen LogP contribution in [0.5, 0.6) is 0 Å². The lowest BCUT2D eigenvalue weighted by molar-refractivity contribution is 0.0554. The van der Waals surface area contributed by atoms with Crippen molar-refractivity contribution in [3.63, 3.8) is 0 Å². The van der Waals surface area contributed by atoms with Crippen molar-refractivity contribution in [2.45, 2.75) is 44.1 Å². The predicted molar refractivity (Wildman–Crippen MR) is 76.3 cm³/mol. The summed E-state index contributed by atoms with van der Waals surface area (Å²) in [6, 6.07) is 2.28. The molecule has 4 N–H and O–H groups in total. The molecule has 0 radical (unpaired) electrons. The number of hydrogen-bond acceptors (Lipinski definition) is 4. The van der Waals surface area contributed by atoms with E-state index in [2.05, 4.69) is 4.72 Å². The highest BCUT2D eigenvalue weighted by molar-refractivity contribution is 7.89. The van der Waals surface area contributed by atoms with E-state index in [0.29, 0.717) is 6.42 Å². The van der Waals surface area contributed by atoms with Crippen LogP contribution >= 0.6 is 0 Å². The number of halogens is 1. The van der Waals surface area contributed by atoms with Crippen LogP contribution in [0, 0.1) is 12.7 Å². The van der Waals surface area contributed by atoms with Crippen molar-refractivity contribution in [1.82, 2.24) is 4.72 Å². The highest BCUT2D eigenvalue weighted by atomic mass is 32.2. The Balaban J connectivity index is 2.95. The zero-order valence-electron chi connectivity index (χ0n) is 11.9. The van der Waals surface area contributed by atoms with Crippen LogP contribution in [0.3, 0.4) is 0 Å². The summed E-state index contributed by atoms with van der Waals surface area (Å²) in [6.45, 7) is 4.79. The normalized spacial score (nSPS) is 15.1. The zero-order valence-corrected chi connectivity index (χ0v) is 12.7. The molecule has 0 spiro atoms. The van der Waals surface area contributed by atoms with Crippen molar-refractivity contribution in [3.8, 4) is 0 Å². The van der Waals surface area contributed by atoms with E-state index >= 15 is 0 Å². The third kappa shape index (κ3) is 4.16. The Hall–Kier alpha value is -1.18. The number of hydrogen-bond donors (Lipinski definition) is 3. The standard InChI is InChI=1S/C13H21FN2O3S/c1-4-5-13(3,17)8-16-20(18,19)10-6-9(2)12(14)11(15)7-10/h6-7,16-17H,4-5,8,15H2,1-3H3. The van der Waals surface area contributed by atoms with E-state index in [9.17, 15) is 17.9 Å². The number of aryl methyl sites for hydroxylation is 1. The molecule has 0 saturated carbocycles. The lowest BCUT2D eigenvalue weighted by Crippen LogP contribution is -2.40. The fourth-order valence-corrected chi connectivity index (χ4v) is 3.16. The topological polar surface area (TPSA) is 92.4 Å². The summed E-state index contributed by atoms with van der Waals surface area (Å²) in [6.07, 6.45) is 1.21. The lowest BCUT2D eigenvalue weighted by Gasteiger charge is -2.23. The number of nitrogens with two attached hydrogens (primary N) is 1. The van der Waals surface area contributed by atoms with E-state index in [1.54, 1.807) is 6.92 Å². The molecule has 0 saturated heterocycles. The first kappa shape index (κ1) is 16.9. The quantitative estimate of drug-likeness (QED) is 0.695. The molecule has 5 nitrogen and oxygen atoms in total. The molecule has 0 aromatic heterocycles. The number of benzene rings is 1. The van der Waals surface area contributed by atoms with Gasteiger partial charge in [0.25, 0.3) is 0 Å². The Kier molecular flexibility index (Phi) is 5.12. The van der Waals surface area contributed by atoms with E-state index in [1.807, 2.05) is 6.92 Å². The minimum Gasteiger partial charge on any atom is -0.396 e. The second kappa shape index (κ2) is 6.07. The summed E-state index contributed by atoms with van der Waals surface area (Å²) in [4.78, 5) is -0.110. The molecule has 0 amide bonds. The maximum absolute atomic E-state index is 13.4. The van der Waals surface area contributed by atoms with Crippen molar-refractivity contribution in [2.75, 3.05) is 12.3 Å². The SMILES string of the molecule is CCCC(C)(O)CNS(=O)(=O)c1cc(C)c(F)c(N)c1. The minimum atomic E-state index is -3.83. The molecule has 0 aliphatic heterocycles. The van der Waals surface area contributed by atoms with Crippen LogP contribution in [-0.4, -0.2) is 25.7 Å². The number of rotatable bonds is 6. The molecule has 114 valence electrons. The molecule has 0 aliphatic carbocycles. The highest BCUT2D eigenvalue weighted by Crippen LogP contribution is 2.21. The van der Waals surface area contributed by atoms with Crippen LogP contribution in [0.25, 0.3) is 0 Å². The van der Waals surface area contributed by atoms with Crippen molar-refractivity contribution in [2.24, 2.45) is 0 Å². The average molecular weight is 304 g/mol. The predicted octanol–water partition coefficient (Wildman–Crippen LogP) is 1.55. The van der Waals surface area contributed by atoms with E-state index in [4.69, 9.17) is 5.73 Å². The van der Waals surface area contributed by atoms with Gasteiger partial charge in [0, 0.05) is 6.54 Å². The molecule has 1 aromatic carbocycles. The molecule has 1 aromatic rings. The Morgan fingerprint density at radius 1 is 1.45 bits per heavy atom. The van der Waals surface area contributed by atoms with Gasteiger partial charge >= 0.3 is 0 Å². The first-order valence-corrected chi connectivity index (χ1v) is 7.85. The van der Waals surface area contributed by atoms with Crippen LogP contribution < -0.4 is 10.5 Å². The number of anilines is 1. The average Bonchev–Trinajstić information content (AvgIpc) is 2.33. The van der Waals surface area contributed by atoms with Crippen LogP contribution in [0.4, 0.5) is 10.1 Å². The molecule has 1 atom stereocenters. The third-order valence-electron chi connectivity index (χ3n) is 3.00. The molecular formula is C13H21FN2O3S. The third-order valence-corrected chi connectivity index (χ3v) is 4.38. The largest absolute Gasteiger partial charge is 0.396 e. The van der Waals surface area contributed by atoms with Crippen LogP contribution in [0.2, 0.25) is 0 Å². The lowest BCUT2D eigenvalue weighted by atomic mass is 10.0. The molecule has 7 heteroatoms. The Labute approximate surface area is 119 Å². The van der Waals surface area contributed by atoms with Gasteiger partial charge in [0.1, 0.15) is 5.82 Å². The maximum Gasteiger partial charge on any atom is 0.240 e. The molecule has 1 unspecified atom stereocenters. The van der Waals surface area contributed by atoms with Gasteiger partial charge in [-0.05, 0) is 38.0 Å². The zero-order chi connectivity index (χ0) is 15.6. The first-order chi connectivity index (χ1) is 9.09. The second-order valence-corrected chi connectivity index (χ2v) is 6.98. The molecule has 20 heavy (non-hydrogen) atoms. The van der Waals surface area contributed by atoms with Crippen LogP contribution in [0.1, 0.15) is 32.3 Å². The minimum absolute atomic E-state index is 0.110. The van der Waals surface area contributed by atoms with E-state index < -0.39 is 21.4 Å². The van der Waals surface area contributed by atoms with Gasteiger partial charge in [-0.2, -0.15) is 0 Å². The second-order valence-electron chi connectivity index (χ2n) is 5.21. The molecule has 0 aliphatic rings. The van der Waals surface area contributed by atoms with Gasteiger partial charge in [0.05, 0.1) is 16.2 Å². The summed E-state index contributed by atoms with van der Waals surface area (Å²) in [7, 11) is -3.83. The van der Waals surface area contributed by atoms with Crippen molar-refractivity contribution in [3.05, 3.63) is 23.5 Å². The summed E-state index contributed by atoms with van der Waals surface area (Å²) in [5.41, 5.74) is 4.25. The first-order valence-electron chi connectivity index (χ1n) is 6.37. The maximum atomic E-state index is 13.4. The van der Waals surface area contributed by atoms with Gasteiger partial charge in [-0.25, -0.2) is 17.5 Å². The smallest absolute Gasteiger partial charge is 0.240 e. The highest BCUT2D eigenvalue weighted by Gasteiger charge is 2.24. The number of aliphatic hydroxyl groups is 1. The molecule has 0 bridgehead atoms. The van der Waals surface area contributed by atoms with E-state index in [-0.39, 0.29) is 22.7 Å². The van der Waals surface area contributed by atoms with E-state index in [0.717, 1.165) is 12.5 Å². The fourth-order valence-electron chi connectivity index (χ4n) is 1.88. The monoisotopic (exact) mass is 304 g/mol. The Bertz CT molecular complexity index is 562. The van der Waals surface area contributed by atoms with Gasteiger partial charge < -0.3 is 10.8 Å². The molecule has 0 heterocycles. The number of nitrogen functional groups attached to an aromatic ring is 1. The van der Waals surface area contributed by atoms with Crippen molar-refractivity contribution < 1.29 is 17.9 Å². The Morgan fingerprint density at radius 3 is 2.55 bits per heavy atom. The number of sulfonamides is 1. The summed E-state index contributed by atoms with van der Waals surface area (Å²) in [5.74, 6) is -0.623. The fraction of sp³-hybridized carbons (Fsp3) is 0.538. The molecule has 0 fully saturated rings. The summed E-state index contributed by atoms with van der Waals surface area (Å²) < 4.78 is 39.9. The van der Waals surface area contributed by atoms with Crippen molar-refractivity contribution >= 4 is 15.7 Å². The summed E-state index contributed by atoms with van der Waals surface area (Å²) in [5, 5.41) is 9.97. The van der Waals surface area contributed by atoms with Crippen LogP contribution in [0.15, 0.2) is 17.0 Å². The molecule has 1 rings (SSSR count). The van der Waals surface area contributed by atoms with Crippen LogP contribution in [-0.2, 0) is 10.0 Å². The van der Waals surface area contributed by atoms with Crippen molar-refractivity contribution in [1.29, 1.82) is 0 Å². The van der Waals surface area contributed by atoms with E-state index in [1.165, 1.54) is 13.0 Å². The van der Waals surface area contributed by atoms with Gasteiger partial charge in [-0.15, -0.1) is 0 Å². The molecular weight excluding hydrogens is 283 g/mol. The van der Waals surface area contributed by atoms with Gasteiger partial charge in [-0.1, -0.05) is 13.3 Å². The Morgan fingerprint density at radius 2 is 2.05 bits per heavy atom. The van der Waals surface area contributed by atoms with Gasteiger partial charge in [0.15, 0.2) is 0 Å². The summed E-state index contributed by atoms with van der Waals surface area (Å²) >= 11 is 0. The number of nitrogens with one attached hydrogen (secondary N) is 1. The van der Waals surface area contributed by atoms with Gasteiger partial charge in [0.2, 0.25) is 10.0 Å².